The van der Waals surface area contributed by atoms with Gasteiger partial charge in [0.05, 0.1) is 12.8 Å². The molecule has 1 aromatic carbocycles. The quantitative estimate of drug-likeness (QED) is 0.785. The first-order valence-electron chi connectivity index (χ1n) is 6.02. The highest BCUT2D eigenvalue weighted by atomic mass is 16.4. The molecule has 1 N–H and O–H groups in total. The van der Waals surface area contributed by atoms with Crippen LogP contribution in [-0.4, -0.2) is 16.1 Å². The number of rotatable bonds is 4. The van der Waals surface area contributed by atoms with Crippen LogP contribution in [0, 0.1) is 0 Å². The molecule has 0 aliphatic carbocycles. The normalized spacial score (nSPS) is 10.4. The summed E-state index contributed by atoms with van der Waals surface area (Å²) >= 11 is 0. The zero-order valence-corrected chi connectivity index (χ0v) is 10.4. The largest absolute Gasteiger partial charge is 0.467 e. The second kappa shape index (κ2) is 5.40. The van der Waals surface area contributed by atoms with Crippen LogP contribution in [0.2, 0.25) is 0 Å². The monoisotopic (exact) mass is 269 g/mol. The molecule has 0 saturated heterocycles. The molecule has 1 amide bonds. The smallest absolute Gasteiger partial charge is 0.309 e. The van der Waals surface area contributed by atoms with Gasteiger partial charge in [0, 0.05) is 5.56 Å². The molecule has 6 heteroatoms. The summed E-state index contributed by atoms with van der Waals surface area (Å²) in [5.74, 6) is 0.460. The van der Waals surface area contributed by atoms with Crippen molar-refractivity contribution in [3.8, 4) is 11.5 Å². The van der Waals surface area contributed by atoms with E-state index in [9.17, 15) is 4.79 Å². The predicted molar refractivity (Wildman–Crippen MR) is 69.6 cm³/mol. The van der Waals surface area contributed by atoms with Gasteiger partial charge < -0.3 is 14.2 Å². The fourth-order valence-electron chi connectivity index (χ4n) is 1.67. The van der Waals surface area contributed by atoms with Crippen molar-refractivity contribution in [3.05, 3.63) is 60.4 Å². The van der Waals surface area contributed by atoms with Gasteiger partial charge in [-0.25, -0.2) is 0 Å². The summed E-state index contributed by atoms with van der Waals surface area (Å²) in [5, 5.41) is 10.2. The fraction of sp³-hybridized carbons (Fsp3) is 0.0714. The number of furan rings is 1. The molecule has 2 aromatic heterocycles. The van der Waals surface area contributed by atoms with Gasteiger partial charge in [-0.15, -0.1) is 10.2 Å². The van der Waals surface area contributed by atoms with Crippen LogP contribution >= 0.6 is 0 Å². The van der Waals surface area contributed by atoms with Crippen LogP contribution in [0.5, 0.6) is 0 Å². The maximum Gasteiger partial charge on any atom is 0.309 e. The molecular formula is C14H11N3O3. The van der Waals surface area contributed by atoms with Crippen LogP contribution in [0.1, 0.15) is 16.4 Å². The van der Waals surface area contributed by atoms with Gasteiger partial charge in [-0.3, -0.25) is 4.79 Å². The Morgan fingerprint density at radius 1 is 1.10 bits per heavy atom. The Morgan fingerprint density at radius 3 is 2.70 bits per heavy atom. The second-order valence-electron chi connectivity index (χ2n) is 4.04. The van der Waals surface area contributed by atoms with Gasteiger partial charge in [-0.1, -0.05) is 18.2 Å². The number of hydrogen-bond acceptors (Lipinski definition) is 5. The van der Waals surface area contributed by atoms with Gasteiger partial charge in [0.1, 0.15) is 5.76 Å². The zero-order valence-electron chi connectivity index (χ0n) is 10.4. The minimum atomic E-state index is -0.434. The lowest BCUT2D eigenvalue weighted by Gasteiger charge is -1.98. The summed E-state index contributed by atoms with van der Waals surface area (Å²) in [6.45, 7) is 0.273. The number of benzene rings is 1. The van der Waals surface area contributed by atoms with Gasteiger partial charge in [0.2, 0.25) is 5.89 Å². The van der Waals surface area contributed by atoms with Crippen molar-refractivity contribution in [3.63, 3.8) is 0 Å². The summed E-state index contributed by atoms with van der Waals surface area (Å²) in [6.07, 6.45) is 1.54. The lowest BCUT2D eigenvalue weighted by Crippen LogP contribution is -2.22. The molecule has 0 radical (unpaired) electrons. The first kappa shape index (κ1) is 12.2. The number of aromatic nitrogens is 2. The molecule has 0 aliphatic rings. The van der Waals surface area contributed by atoms with Crippen LogP contribution in [0.25, 0.3) is 11.5 Å². The third kappa shape index (κ3) is 2.59. The molecule has 3 aromatic rings. The van der Waals surface area contributed by atoms with E-state index in [2.05, 4.69) is 15.5 Å². The Hall–Kier alpha value is -2.89. The van der Waals surface area contributed by atoms with Gasteiger partial charge in [-0.05, 0) is 24.3 Å². The first-order valence-corrected chi connectivity index (χ1v) is 6.02. The van der Waals surface area contributed by atoms with E-state index in [1.807, 2.05) is 30.3 Å². The average Bonchev–Trinajstić information content (AvgIpc) is 3.17. The third-order valence-electron chi connectivity index (χ3n) is 2.64. The van der Waals surface area contributed by atoms with E-state index < -0.39 is 5.91 Å². The van der Waals surface area contributed by atoms with Crippen LogP contribution in [0.15, 0.2) is 57.6 Å². The van der Waals surface area contributed by atoms with E-state index in [4.69, 9.17) is 8.83 Å². The molecule has 6 nitrogen and oxygen atoms in total. The zero-order chi connectivity index (χ0) is 13.8. The van der Waals surface area contributed by atoms with Crippen molar-refractivity contribution in [2.24, 2.45) is 0 Å². The first-order chi connectivity index (χ1) is 9.83. The van der Waals surface area contributed by atoms with Gasteiger partial charge >= 0.3 is 11.8 Å². The number of amides is 1. The van der Waals surface area contributed by atoms with Crippen LogP contribution in [-0.2, 0) is 6.54 Å². The highest BCUT2D eigenvalue weighted by molar-refractivity contribution is 5.89. The highest BCUT2D eigenvalue weighted by Gasteiger charge is 2.15. The minimum absolute atomic E-state index is 0.0737. The van der Waals surface area contributed by atoms with Crippen molar-refractivity contribution in [1.29, 1.82) is 0 Å². The SMILES string of the molecule is O=C(NCc1ccco1)c1nnc(-c2ccccc2)o1. The van der Waals surface area contributed by atoms with E-state index >= 15 is 0 Å². The Bertz CT molecular complexity index is 690. The van der Waals surface area contributed by atoms with E-state index in [-0.39, 0.29) is 12.4 Å². The summed E-state index contributed by atoms with van der Waals surface area (Å²) in [7, 11) is 0. The maximum atomic E-state index is 11.8. The number of carbonyl (C=O) groups excluding carboxylic acids is 1. The molecule has 0 unspecified atom stereocenters. The van der Waals surface area contributed by atoms with Crippen LogP contribution in [0.3, 0.4) is 0 Å². The summed E-state index contributed by atoms with van der Waals surface area (Å²) < 4.78 is 10.4. The molecule has 0 fully saturated rings. The van der Waals surface area contributed by atoms with E-state index in [0.717, 1.165) is 5.56 Å². The van der Waals surface area contributed by atoms with Crippen molar-refractivity contribution in [1.82, 2.24) is 15.5 Å². The molecule has 2 heterocycles. The summed E-state index contributed by atoms with van der Waals surface area (Å²) in [5.41, 5.74) is 0.769. The molecule has 0 saturated carbocycles. The molecular weight excluding hydrogens is 258 g/mol. The number of hydrogen-bond donors (Lipinski definition) is 1. The molecule has 0 spiro atoms. The fourth-order valence-corrected chi connectivity index (χ4v) is 1.67. The summed E-state index contributed by atoms with van der Waals surface area (Å²) in [4.78, 5) is 11.8. The average molecular weight is 269 g/mol. The molecule has 0 atom stereocenters. The topological polar surface area (TPSA) is 81.2 Å². The number of nitrogens with zero attached hydrogens (tertiary/aromatic N) is 2. The van der Waals surface area contributed by atoms with E-state index in [1.54, 1.807) is 18.4 Å². The summed E-state index contributed by atoms with van der Waals surface area (Å²) in [6, 6.07) is 12.8. The Kier molecular flexibility index (Phi) is 3.28. The van der Waals surface area contributed by atoms with Gasteiger partial charge in [-0.2, -0.15) is 0 Å². The maximum absolute atomic E-state index is 11.8. The number of carbonyl (C=O) groups is 1. The van der Waals surface area contributed by atoms with Gasteiger partial charge in [0.25, 0.3) is 0 Å². The van der Waals surface area contributed by atoms with Crippen molar-refractivity contribution < 1.29 is 13.6 Å². The van der Waals surface area contributed by atoms with Crippen LogP contribution < -0.4 is 5.32 Å². The van der Waals surface area contributed by atoms with Crippen molar-refractivity contribution in [2.75, 3.05) is 0 Å². The molecule has 0 aliphatic heterocycles. The predicted octanol–water partition coefficient (Wildman–Crippen LogP) is 2.26. The second-order valence-corrected chi connectivity index (χ2v) is 4.04. The Labute approximate surface area is 114 Å². The third-order valence-corrected chi connectivity index (χ3v) is 2.64. The molecule has 100 valence electrons. The van der Waals surface area contributed by atoms with E-state index in [1.165, 1.54) is 0 Å². The number of nitrogens with one attached hydrogen (secondary N) is 1. The Balaban J connectivity index is 1.69. The Morgan fingerprint density at radius 2 is 1.95 bits per heavy atom. The van der Waals surface area contributed by atoms with Gasteiger partial charge in [0.15, 0.2) is 0 Å². The molecule has 3 rings (SSSR count). The van der Waals surface area contributed by atoms with Crippen molar-refractivity contribution >= 4 is 5.91 Å². The molecule has 20 heavy (non-hydrogen) atoms. The van der Waals surface area contributed by atoms with E-state index in [0.29, 0.717) is 11.7 Å². The highest BCUT2D eigenvalue weighted by Crippen LogP contribution is 2.16. The molecule has 0 bridgehead atoms. The van der Waals surface area contributed by atoms with Crippen LogP contribution in [0.4, 0.5) is 0 Å². The lowest BCUT2D eigenvalue weighted by atomic mass is 10.2. The standard InChI is InChI=1S/C14H11N3O3/c18-12(15-9-11-7-4-8-19-11)14-17-16-13(20-14)10-5-2-1-3-6-10/h1-8H,9H2,(H,15,18). The van der Waals surface area contributed by atoms with Crippen molar-refractivity contribution in [2.45, 2.75) is 6.54 Å². The minimum Gasteiger partial charge on any atom is -0.467 e. The lowest BCUT2D eigenvalue weighted by molar-refractivity contribution is 0.0914.